The number of carbonyl (C=O) groups is 2. The van der Waals surface area contributed by atoms with Crippen molar-refractivity contribution < 1.29 is 27.1 Å². The molecule has 0 N–H and O–H groups in total. The van der Waals surface area contributed by atoms with E-state index in [0.29, 0.717) is 0 Å². The van der Waals surface area contributed by atoms with E-state index in [0.717, 1.165) is 17.0 Å². The molecule has 1 aromatic carbocycles. The largest absolute Gasteiger partial charge is 0.439 e. The van der Waals surface area contributed by atoms with Crippen LogP contribution in [-0.4, -0.2) is 55.9 Å². The number of sulfonamides is 1. The van der Waals surface area contributed by atoms with Crippen molar-refractivity contribution in [1.82, 2.24) is 9.21 Å². The van der Waals surface area contributed by atoms with E-state index in [2.05, 4.69) is 4.74 Å². The highest BCUT2D eigenvalue weighted by Gasteiger charge is 2.41. The van der Waals surface area contributed by atoms with Crippen LogP contribution in [-0.2, 0) is 19.6 Å². The fourth-order valence-corrected chi connectivity index (χ4v) is 4.00. The SMILES string of the molecule is O=C1COC(=O)N1CC1CN(S(=O)(=O)c2ccc(F)cc2)C1. The predicted octanol–water partition coefficient (Wildman–Crippen LogP) is 0.425. The molecule has 0 radical (unpaired) electrons. The number of cyclic esters (lactones) is 1. The van der Waals surface area contributed by atoms with Gasteiger partial charge in [0.1, 0.15) is 5.82 Å². The Morgan fingerprint density at radius 1 is 1.18 bits per heavy atom. The topological polar surface area (TPSA) is 84.0 Å². The molecule has 7 nitrogen and oxygen atoms in total. The third-order valence-electron chi connectivity index (χ3n) is 3.66. The molecular weight excluding hydrogens is 315 g/mol. The second-order valence-corrected chi connectivity index (χ2v) is 7.14. The van der Waals surface area contributed by atoms with E-state index >= 15 is 0 Å². The van der Waals surface area contributed by atoms with E-state index in [1.807, 2.05) is 0 Å². The van der Waals surface area contributed by atoms with Crippen molar-refractivity contribution in [1.29, 1.82) is 0 Å². The zero-order valence-corrected chi connectivity index (χ0v) is 12.3. The summed E-state index contributed by atoms with van der Waals surface area (Å²) >= 11 is 0. The highest BCUT2D eigenvalue weighted by atomic mass is 32.2. The van der Waals surface area contributed by atoms with Crippen molar-refractivity contribution >= 4 is 22.0 Å². The van der Waals surface area contributed by atoms with Crippen molar-refractivity contribution in [2.75, 3.05) is 26.2 Å². The summed E-state index contributed by atoms with van der Waals surface area (Å²) in [7, 11) is -3.67. The maximum Gasteiger partial charge on any atom is 0.417 e. The van der Waals surface area contributed by atoms with Gasteiger partial charge in [-0.1, -0.05) is 0 Å². The molecule has 2 heterocycles. The van der Waals surface area contributed by atoms with Crippen LogP contribution in [0.5, 0.6) is 0 Å². The maximum atomic E-state index is 12.8. The first-order chi connectivity index (χ1) is 10.4. The van der Waals surface area contributed by atoms with Crippen LogP contribution in [0.1, 0.15) is 0 Å². The Morgan fingerprint density at radius 2 is 1.82 bits per heavy atom. The van der Waals surface area contributed by atoms with Crippen molar-refractivity contribution in [3.05, 3.63) is 30.1 Å². The Kier molecular flexibility index (Phi) is 3.61. The third-order valence-corrected chi connectivity index (χ3v) is 5.50. The number of ether oxygens (including phenoxy) is 1. The van der Waals surface area contributed by atoms with Gasteiger partial charge in [-0.25, -0.2) is 22.5 Å². The van der Waals surface area contributed by atoms with Crippen LogP contribution < -0.4 is 0 Å². The molecule has 118 valence electrons. The monoisotopic (exact) mass is 328 g/mol. The van der Waals surface area contributed by atoms with Crippen LogP contribution in [0.2, 0.25) is 0 Å². The number of nitrogens with zero attached hydrogens (tertiary/aromatic N) is 2. The van der Waals surface area contributed by atoms with Crippen molar-refractivity contribution in [2.24, 2.45) is 5.92 Å². The Labute approximate surface area is 126 Å². The van der Waals surface area contributed by atoms with Crippen LogP contribution in [0.3, 0.4) is 0 Å². The summed E-state index contributed by atoms with van der Waals surface area (Å²) in [4.78, 5) is 23.7. The number of hydrogen-bond donors (Lipinski definition) is 0. The Balaban J connectivity index is 1.62. The minimum atomic E-state index is -3.67. The molecule has 9 heteroatoms. The lowest BCUT2D eigenvalue weighted by Gasteiger charge is -2.38. The molecule has 0 unspecified atom stereocenters. The van der Waals surface area contributed by atoms with Crippen LogP contribution >= 0.6 is 0 Å². The van der Waals surface area contributed by atoms with Crippen LogP contribution in [0.4, 0.5) is 9.18 Å². The summed E-state index contributed by atoms with van der Waals surface area (Å²) in [5.74, 6) is -1.04. The molecule has 0 bridgehead atoms. The molecule has 2 aliphatic heterocycles. The zero-order valence-electron chi connectivity index (χ0n) is 11.4. The molecule has 0 aliphatic carbocycles. The number of imide groups is 1. The third kappa shape index (κ3) is 2.57. The fraction of sp³-hybridized carbons (Fsp3) is 0.385. The van der Waals surface area contributed by atoms with Crippen molar-refractivity contribution in [2.45, 2.75) is 4.90 Å². The van der Waals surface area contributed by atoms with E-state index in [1.165, 1.54) is 16.4 Å². The van der Waals surface area contributed by atoms with Gasteiger partial charge in [-0.3, -0.25) is 4.79 Å². The average Bonchev–Trinajstić information content (AvgIpc) is 2.73. The fourth-order valence-electron chi connectivity index (χ4n) is 2.41. The van der Waals surface area contributed by atoms with Gasteiger partial charge in [0.2, 0.25) is 10.0 Å². The lowest BCUT2D eigenvalue weighted by atomic mass is 10.0. The summed E-state index contributed by atoms with van der Waals surface area (Å²) < 4.78 is 43.2. The second kappa shape index (κ2) is 5.33. The van der Waals surface area contributed by atoms with Gasteiger partial charge in [-0.05, 0) is 24.3 Å². The van der Waals surface area contributed by atoms with Gasteiger partial charge in [0.05, 0.1) is 4.90 Å². The lowest BCUT2D eigenvalue weighted by Crippen LogP contribution is -2.54. The van der Waals surface area contributed by atoms with Gasteiger partial charge in [0, 0.05) is 25.6 Å². The number of halogens is 1. The predicted molar refractivity (Wildman–Crippen MR) is 71.7 cm³/mol. The molecule has 2 aliphatic rings. The average molecular weight is 328 g/mol. The van der Waals surface area contributed by atoms with Crippen molar-refractivity contribution in [3.63, 3.8) is 0 Å². The van der Waals surface area contributed by atoms with E-state index < -0.39 is 27.8 Å². The molecule has 2 saturated heterocycles. The number of amides is 2. The summed E-state index contributed by atoms with van der Waals surface area (Å²) in [6, 6.07) is 4.59. The minimum Gasteiger partial charge on any atom is -0.439 e. The van der Waals surface area contributed by atoms with Gasteiger partial charge in [0.15, 0.2) is 6.61 Å². The van der Waals surface area contributed by atoms with Crippen LogP contribution in [0.15, 0.2) is 29.2 Å². The molecule has 0 aromatic heterocycles. The summed E-state index contributed by atoms with van der Waals surface area (Å²) in [5.41, 5.74) is 0. The van der Waals surface area contributed by atoms with Gasteiger partial charge >= 0.3 is 6.09 Å². The molecule has 0 saturated carbocycles. The molecule has 2 fully saturated rings. The molecular formula is C13H13FN2O5S. The van der Waals surface area contributed by atoms with Gasteiger partial charge in [-0.2, -0.15) is 4.31 Å². The van der Waals surface area contributed by atoms with E-state index in [4.69, 9.17) is 0 Å². The minimum absolute atomic E-state index is 0.0176. The summed E-state index contributed by atoms with van der Waals surface area (Å²) in [6.45, 7) is 0.295. The number of benzene rings is 1. The van der Waals surface area contributed by atoms with E-state index in [1.54, 1.807) is 0 Å². The molecule has 1 aromatic rings. The first-order valence-corrected chi connectivity index (χ1v) is 8.05. The normalized spacial score (nSPS) is 20.1. The molecule has 0 atom stereocenters. The van der Waals surface area contributed by atoms with Crippen LogP contribution in [0.25, 0.3) is 0 Å². The Bertz CT molecular complexity index is 696. The Morgan fingerprint density at radius 3 is 2.36 bits per heavy atom. The van der Waals surface area contributed by atoms with Gasteiger partial charge in [0.25, 0.3) is 5.91 Å². The standard InChI is InChI=1S/C13H13FN2O5S/c14-10-1-3-11(4-2-10)22(19,20)15-5-9(6-15)7-16-12(17)8-21-13(16)18/h1-4,9H,5-8H2. The molecule has 2 amide bonds. The summed E-state index contributed by atoms with van der Waals surface area (Å²) in [6.07, 6.45) is -0.690. The van der Waals surface area contributed by atoms with Crippen molar-refractivity contribution in [3.8, 4) is 0 Å². The Hall–Kier alpha value is -2.00. The molecule has 3 rings (SSSR count). The zero-order chi connectivity index (χ0) is 15.9. The lowest BCUT2D eigenvalue weighted by molar-refractivity contribution is -0.126. The van der Waals surface area contributed by atoms with Gasteiger partial charge in [-0.15, -0.1) is 0 Å². The van der Waals surface area contributed by atoms with Gasteiger partial charge < -0.3 is 4.74 Å². The second-order valence-electron chi connectivity index (χ2n) is 5.20. The van der Waals surface area contributed by atoms with E-state index in [9.17, 15) is 22.4 Å². The first kappa shape index (κ1) is 14.9. The highest BCUT2D eigenvalue weighted by Crippen LogP contribution is 2.26. The smallest absolute Gasteiger partial charge is 0.417 e. The number of carbonyl (C=O) groups excluding carboxylic acids is 2. The first-order valence-electron chi connectivity index (χ1n) is 6.61. The van der Waals surface area contributed by atoms with E-state index in [-0.39, 0.29) is 37.1 Å². The summed E-state index contributed by atoms with van der Waals surface area (Å²) in [5, 5.41) is 0. The molecule has 0 spiro atoms. The maximum absolute atomic E-state index is 12.8. The molecule has 22 heavy (non-hydrogen) atoms. The number of rotatable bonds is 4. The van der Waals surface area contributed by atoms with Crippen LogP contribution in [0, 0.1) is 11.7 Å². The highest BCUT2D eigenvalue weighted by molar-refractivity contribution is 7.89. The quantitative estimate of drug-likeness (QED) is 0.800. The number of hydrogen-bond acceptors (Lipinski definition) is 5.